The summed E-state index contributed by atoms with van der Waals surface area (Å²) in [6.45, 7) is 1.25. The molecule has 0 saturated carbocycles. The van der Waals surface area contributed by atoms with E-state index >= 15 is 0 Å². The first-order valence-electron chi connectivity index (χ1n) is 13.7. The lowest BCUT2D eigenvalue weighted by molar-refractivity contribution is -0.148. The number of aromatic hydroxyl groups is 1. The molecule has 0 radical (unpaired) electrons. The highest BCUT2D eigenvalue weighted by molar-refractivity contribution is 6.24. The van der Waals surface area contributed by atoms with Crippen molar-refractivity contribution in [1.82, 2.24) is 9.80 Å². The Morgan fingerprint density at radius 3 is 2.26 bits per heavy atom. The fourth-order valence-corrected chi connectivity index (χ4v) is 6.79. The van der Waals surface area contributed by atoms with Crippen molar-refractivity contribution in [3.63, 3.8) is 0 Å². The first kappa shape index (κ1) is 32.3. The van der Waals surface area contributed by atoms with E-state index in [0.717, 1.165) is 0 Å². The number of nitrogens with zero attached hydrogens (tertiary/aromatic N) is 3. The van der Waals surface area contributed by atoms with Crippen LogP contribution in [0.4, 0.5) is 18.9 Å². The lowest BCUT2D eigenvalue weighted by Gasteiger charge is -2.50. The molecule has 0 saturated heterocycles. The Bertz CT molecular complexity index is 1450. The van der Waals surface area contributed by atoms with Crippen molar-refractivity contribution in [1.29, 1.82) is 0 Å². The summed E-state index contributed by atoms with van der Waals surface area (Å²) in [7, 11) is 7.96. The number of hydrogen-bond donors (Lipinski definition) is 5. The topological polar surface area (TPSA) is 168 Å². The van der Waals surface area contributed by atoms with Crippen LogP contribution in [0.2, 0.25) is 0 Å². The summed E-state index contributed by atoms with van der Waals surface area (Å²) in [5.41, 5.74) is 2.31. The summed E-state index contributed by atoms with van der Waals surface area (Å²) in [5.74, 6) is -7.55. The van der Waals surface area contributed by atoms with E-state index in [4.69, 9.17) is 5.73 Å². The third-order valence-electron chi connectivity index (χ3n) is 8.96. The summed E-state index contributed by atoms with van der Waals surface area (Å²) in [4.78, 5) is 44.3. The van der Waals surface area contributed by atoms with Crippen molar-refractivity contribution in [3.05, 3.63) is 45.4 Å². The van der Waals surface area contributed by atoms with E-state index in [1.807, 2.05) is 0 Å². The second-order valence-electron chi connectivity index (χ2n) is 12.2. The molecule has 0 spiro atoms. The van der Waals surface area contributed by atoms with Crippen LogP contribution >= 0.6 is 0 Å². The summed E-state index contributed by atoms with van der Waals surface area (Å²) in [6, 6.07) is -0.448. The number of aliphatic hydroxyl groups excluding tert-OH is 2. The van der Waals surface area contributed by atoms with Crippen LogP contribution in [0.5, 0.6) is 5.75 Å². The SMILES string of the molecule is CC(CC(F)(F)F)N(C)Cc1cc(N(C)C)c2c(c1O)C(=O)C1=C(O)[C@]3(O)C(=O)C(C(N)=O)=C(O)[C@H](N(C)C)[C@@H]3C[C@@H]1C2. The van der Waals surface area contributed by atoms with E-state index < -0.39 is 82.4 Å². The van der Waals surface area contributed by atoms with Gasteiger partial charge < -0.3 is 31.1 Å². The number of anilines is 1. The molecule has 1 amide bonds. The van der Waals surface area contributed by atoms with Gasteiger partial charge in [-0.25, -0.2) is 0 Å². The summed E-state index contributed by atoms with van der Waals surface area (Å²) in [6.07, 6.45) is -5.46. The van der Waals surface area contributed by atoms with Crippen molar-refractivity contribution in [3.8, 4) is 5.75 Å². The van der Waals surface area contributed by atoms with Crippen molar-refractivity contribution in [2.45, 2.75) is 56.6 Å². The number of aliphatic hydroxyl groups is 3. The monoisotopic (exact) mass is 610 g/mol. The average molecular weight is 611 g/mol. The molecule has 0 heterocycles. The number of primary amides is 1. The van der Waals surface area contributed by atoms with E-state index in [1.54, 1.807) is 39.2 Å². The number of ketones is 2. The quantitative estimate of drug-likeness (QED) is 0.288. The maximum absolute atomic E-state index is 14.1. The number of Topliss-reactive ketones (excluding diaryl/α,β-unsaturated/α-hetero) is 2. The standard InChI is InChI=1S/C29H37F3N4O7/c1-12(10-28(30,31)32)36(6)11-14-9-17(34(2)3)15-7-13-8-16-21(35(4)5)24(39)20(27(33)42)26(41)29(16,43)25(40)18(13)23(38)19(15)22(14)37/h9,12-13,16,21,37,39-40,43H,7-8,10-11H2,1-6H3,(H2,33,42)/t12?,13-,16-,21+,29-/m0/s1. The third-order valence-corrected chi connectivity index (χ3v) is 8.96. The Balaban J connectivity index is 1.88. The molecule has 0 aliphatic heterocycles. The van der Waals surface area contributed by atoms with Gasteiger partial charge in [-0.15, -0.1) is 0 Å². The van der Waals surface area contributed by atoms with Crippen molar-refractivity contribution < 1.29 is 48.0 Å². The first-order chi connectivity index (χ1) is 19.7. The highest BCUT2D eigenvalue weighted by Gasteiger charge is 2.63. The molecule has 11 nitrogen and oxygen atoms in total. The fourth-order valence-electron chi connectivity index (χ4n) is 6.79. The molecule has 6 N–H and O–H groups in total. The van der Waals surface area contributed by atoms with Crippen LogP contribution in [0.25, 0.3) is 0 Å². The van der Waals surface area contributed by atoms with Crippen LogP contribution in [-0.2, 0) is 22.6 Å². The van der Waals surface area contributed by atoms with Gasteiger partial charge in [0.05, 0.1) is 18.0 Å². The molecule has 236 valence electrons. The average Bonchev–Trinajstić information content (AvgIpc) is 2.86. The van der Waals surface area contributed by atoms with Crippen molar-refractivity contribution >= 4 is 23.2 Å². The molecule has 0 bridgehead atoms. The van der Waals surface area contributed by atoms with Gasteiger partial charge in [-0.05, 0) is 58.5 Å². The Morgan fingerprint density at radius 1 is 1.14 bits per heavy atom. The van der Waals surface area contributed by atoms with E-state index in [-0.39, 0.29) is 36.1 Å². The minimum atomic E-state index is -4.41. The minimum Gasteiger partial charge on any atom is -0.510 e. The fraction of sp³-hybridized carbons (Fsp3) is 0.552. The molecule has 1 unspecified atom stereocenters. The number of phenolic OH excluding ortho intramolecular Hbond substituents is 1. The largest absolute Gasteiger partial charge is 0.510 e. The van der Waals surface area contributed by atoms with Gasteiger partial charge in [0.15, 0.2) is 11.4 Å². The van der Waals surface area contributed by atoms with Gasteiger partial charge in [-0.1, -0.05) is 0 Å². The molecular formula is C29H37F3N4O7. The van der Waals surface area contributed by atoms with Gasteiger partial charge in [0.2, 0.25) is 5.78 Å². The van der Waals surface area contributed by atoms with Crippen molar-refractivity contribution in [2.75, 3.05) is 40.1 Å². The molecule has 14 heteroatoms. The second-order valence-corrected chi connectivity index (χ2v) is 12.2. The number of rotatable bonds is 7. The van der Waals surface area contributed by atoms with Gasteiger partial charge in [0.25, 0.3) is 5.91 Å². The van der Waals surface area contributed by atoms with Crippen LogP contribution in [0.3, 0.4) is 0 Å². The van der Waals surface area contributed by atoms with Crippen LogP contribution in [0, 0.1) is 11.8 Å². The Kier molecular flexibility index (Phi) is 8.13. The first-order valence-corrected chi connectivity index (χ1v) is 13.7. The van der Waals surface area contributed by atoms with E-state index in [2.05, 4.69) is 0 Å². The maximum atomic E-state index is 14.1. The lowest BCUT2D eigenvalue weighted by atomic mass is 9.58. The van der Waals surface area contributed by atoms with Gasteiger partial charge in [0, 0.05) is 49.4 Å². The van der Waals surface area contributed by atoms with E-state index in [1.165, 1.54) is 23.8 Å². The molecular weight excluding hydrogens is 573 g/mol. The highest BCUT2D eigenvalue weighted by atomic mass is 19.4. The van der Waals surface area contributed by atoms with Gasteiger partial charge in [-0.2, -0.15) is 13.2 Å². The predicted molar refractivity (Wildman–Crippen MR) is 150 cm³/mol. The highest BCUT2D eigenvalue weighted by Crippen LogP contribution is 2.53. The number of fused-ring (bicyclic) bond motifs is 3. The smallest absolute Gasteiger partial charge is 0.390 e. The molecule has 3 aliphatic carbocycles. The Labute approximate surface area is 246 Å². The molecule has 4 rings (SSSR count). The Hall–Kier alpha value is -3.62. The predicted octanol–water partition coefficient (Wildman–Crippen LogP) is 1.96. The number of hydrogen-bond acceptors (Lipinski definition) is 10. The molecule has 43 heavy (non-hydrogen) atoms. The summed E-state index contributed by atoms with van der Waals surface area (Å²) >= 11 is 0. The zero-order chi connectivity index (χ0) is 32.5. The zero-order valence-corrected chi connectivity index (χ0v) is 24.8. The number of nitrogens with two attached hydrogens (primary N) is 1. The number of carbonyl (C=O) groups excluding carboxylic acids is 3. The number of alkyl halides is 3. The molecule has 0 fully saturated rings. The molecule has 1 aromatic carbocycles. The van der Waals surface area contributed by atoms with E-state index in [0.29, 0.717) is 11.3 Å². The van der Waals surface area contributed by atoms with Gasteiger partial charge >= 0.3 is 6.18 Å². The number of carbonyl (C=O) groups is 3. The number of allylic oxidation sites excluding steroid dienone is 1. The second kappa shape index (κ2) is 10.8. The van der Waals surface area contributed by atoms with Gasteiger partial charge in [0.1, 0.15) is 22.8 Å². The summed E-state index contributed by atoms with van der Waals surface area (Å²) in [5, 5.41) is 45.5. The number of likely N-dealkylation sites (N-methyl/N-ethyl adjacent to an activating group) is 1. The molecule has 5 atom stereocenters. The van der Waals surface area contributed by atoms with Crippen LogP contribution in [0.1, 0.15) is 41.3 Å². The normalized spacial score (nSPS) is 26.5. The van der Waals surface area contributed by atoms with Crippen molar-refractivity contribution in [2.24, 2.45) is 17.6 Å². The number of benzene rings is 1. The number of halogens is 3. The molecule has 3 aliphatic rings. The van der Waals surface area contributed by atoms with E-state index in [9.17, 15) is 48.0 Å². The van der Waals surface area contributed by atoms with Crippen LogP contribution in [-0.4, -0.2) is 107 Å². The zero-order valence-electron chi connectivity index (χ0n) is 24.8. The summed E-state index contributed by atoms with van der Waals surface area (Å²) < 4.78 is 39.0. The number of phenols is 1. The van der Waals surface area contributed by atoms with Gasteiger partial charge in [-0.3, -0.25) is 24.2 Å². The lowest BCUT2D eigenvalue weighted by Crippen LogP contribution is -2.63. The van der Waals surface area contributed by atoms with Crippen LogP contribution < -0.4 is 10.6 Å². The molecule has 0 aromatic heterocycles. The maximum Gasteiger partial charge on any atom is 0.390 e. The third kappa shape index (κ3) is 5.14. The van der Waals surface area contributed by atoms with Crippen LogP contribution in [0.15, 0.2) is 28.7 Å². The number of amides is 1. The minimum absolute atomic E-state index is 0.0567. The molecule has 1 aromatic rings. The Morgan fingerprint density at radius 2 is 1.74 bits per heavy atom.